The molecule has 0 aromatic heterocycles. The summed E-state index contributed by atoms with van der Waals surface area (Å²) in [5.74, 6) is -0.575. The summed E-state index contributed by atoms with van der Waals surface area (Å²) in [4.78, 5) is 21.4. The van der Waals surface area contributed by atoms with Gasteiger partial charge in [0.1, 0.15) is 12.6 Å². The maximum atomic E-state index is 10.7. The van der Waals surface area contributed by atoms with Crippen molar-refractivity contribution in [1.82, 2.24) is 0 Å². The van der Waals surface area contributed by atoms with Crippen LogP contribution in [0.25, 0.3) is 0 Å². The predicted octanol–water partition coefficient (Wildman–Crippen LogP) is 1.37. The summed E-state index contributed by atoms with van der Waals surface area (Å²) in [6, 6.07) is 0. The molecule has 0 aliphatic heterocycles. The molecule has 3 nitrogen and oxygen atoms in total. The van der Waals surface area contributed by atoms with E-state index in [1.165, 1.54) is 0 Å². The van der Waals surface area contributed by atoms with Crippen molar-refractivity contribution in [2.45, 2.75) is 32.5 Å². The van der Waals surface area contributed by atoms with Gasteiger partial charge in [-0.05, 0) is 20.8 Å². The van der Waals surface area contributed by atoms with E-state index in [2.05, 4.69) is 0 Å². The highest BCUT2D eigenvalue weighted by Gasteiger charge is 2.34. The molecule has 3 atom stereocenters. The van der Waals surface area contributed by atoms with Gasteiger partial charge in [0, 0.05) is 0 Å². The van der Waals surface area contributed by atoms with Crippen LogP contribution >= 0.6 is 0 Å². The first kappa shape index (κ1) is 11.1. The molecule has 0 N–H and O–H groups in total. The SMILES string of the molecule is CC(C)(C)OC1[C@H](C=O)C=C[C@@H]1C=O. The van der Waals surface area contributed by atoms with Gasteiger partial charge in [-0.1, -0.05) is 12.2 Å². The normalized spacial score (nSPS) is 31.8. The molecule has 1 aliphatic carbocycles. The van der Waals surface area contributed by atoms with Crippen molar-refractivity contribution in [2.24, 2.45) is 11.8 Å². The highest BCUT2D eigenvalue weighted by Crippen LogP contribution is 2.28. The average Bonchev–Trinajstić information content (AvgIpc) is 2.44. The first-order valence-corrected chi connectivity index (χ1v) is 4.74. The molecule has 1 rings (SSSR count). The van der Waals surface area contributed by atoms with Crippen LogP contribution in [0.15, 0.2) is 12.2 Å². The Hall–Kier alpha value is -0.960. The van der Waals surface area contributed by atoms with E-state index in [1.54, 1.807) is 12.2 Å². The fourth-order valence-electron chi connectivity index (χ4n) is 1.54. The molecule has 0 fully saturated rings. The summed E-state index contributed by atoms with van der Waals surface area (Å²) in [5.41, 5.74) is -0.334. The molecule has 0 saturated heterocycles. The van der Waals surface area contributed by atoms with E-state index < -0.39 is 0 Å². The van der Waals surface area contributed by atoms with Crippen molar-refractivity contribution in [3.05, 3.63) is 12.2 Å². The summed E-state index contributed by atoms with van der Waals surface area (Å²) in [6.07, 6.45) is 4.81. The molecule has 0 aromatic rings. The number of ether oxygens (including phenoxy) is 1. The second kappa shape index (κ2) is 4.05. The van der Waals surface area contributed by atoms with Crippen LogP contribution in [0.4, 0.5) is 0 Å². The number of hydrogen-bond donors (Lipinski definition) is 0. The van der Waals surface area contributed by atoms with E-state index in [0.717, 1.165) is 12.6 Å². The van der Waals surface area contributed by atoms with Crippen molar-refractivity contribution in [2.75, 3.05) is 0 Å². The highest BCUT2D eigenvalue weighted by molar-refractivity contribution is 5.66. The molecular formula is C11H16O3. The molecule has 1 aliphatic rings. The Balaban J connectivity index is 2.72. The topological polar surface area (TPSA) is 43.4 Å². The molecule has 14 heavy (non-hydrogen) atoms. The number of carbonyl (C=O) groups excluding carboxylic acids is 2. The van der Waals surface area contributed by atoms with Crippen LogP contribution in [0.1, 0.15) is 20.8 Å². The lowest BCUT2D eigenvalue weighted by molar-refractivity contribution is -0.128. The zero-order valence-corrected chi connectivity index (χ0v) is 8.77. The van der Waals surface area contributed by atoms with Crippen LogP contribution in [0, 0.1) is 11.8 Å². The lowest BCUT2D eigenvalue weighted by Gasteiger charge is -2.29. The molecule has 0 heterocycles. The number of rotatable bonds is 3. The second-order valence-electron chi connectivity index (χ2n) is 4.51. The van der Waals surface area contributed by atoms with Crippen molar-refractivity contribution in [3.63, 3.8) is 0 Å². The third-order valence-electron chi connectivity index (χ3n) is 2.12. The van der Waals surface area contributed by atoms with Gasteiger partial charge in [0.05, 0.1) is 23.5 Å². The highest BCUT2D eigenvalue weighted by atomic mass is 16.5. The van der Waals surface area contributed by atoms with Crippen molar-refractivity contribution in [3.8, 4) is 0 Å². The Kier molecular flexibility index (Phi) is 3.21. The van der Waals surface area contributed by atoms with Crippen molar-refractivity contribution in [1.29, 1.82) is 0 Å². The van der Waals surface area contributed by atoms with Crippen LogP contribution in [-0.2, 0) is 14.3 Å². The number of aldehydes is 2. The van der Waals surface area contributed by atoms with Gasteiger partial charge in [0.2, 0.25) is 0 Å². The molecule has 3 heteroatoms. The van der Waals surface area contributed by atoms with Crippen molar-refractivity contribution >= 4 is 12.6 Å². The minimum atomic E-state index is -0.334. The monoisotopic (exact) mass is 196 g/mol. The van der Waals surface area contributed by atoms with Crippen molar-refractivity contribution < 1.29 is 14.3 Å². The van der Waals surface area contributed by atoms with E-state index in [4.69, 9.17) is 4.74 Å². The van der Waals surface area contributed by atoms with Gasteiger partial charge in [-0.25, -0.2) is 0 Å². The maximum absolute atomic E-state index is 10.7. The molecule has 78 valence electrons. The molecule has 0 aromatic carbocycles. The molecular weight excluding hydrogens is 180 g/mol. The zero-order valence-electron chi connectivity index (χ0n) is 8.77. The van der Waals surface area contributed by atoms with Gasteiger partial charge < -0.3 is 14.3 Å². The van der Waals surface area contributed by atoms with Crippen LogP contribution < -0.4 is 0 Å². The first-order valence-electron chi connectivity index (χ1n) is 4.74. The van der Waals surface area contributed by atoms with E-state index in [1.807, 2.05) is 20.8 Å². The first-order chi connectivity index (χ1) is 6.48. The fourth-order valence-corrected chi connectivity index (χ4v) is 1.54. The van der Waals surface area contributed by atoms with Crippen LogP contribution in [0.2, 0.25) is 0 Å². The van der Waals surface area contributed by atoms with Gasteiger partial charge in [-0.2, -0.15) is 0 Å². The van der Waals surface area contributed by atoms with E-state index in [9.17, 15) is 9.59 Å². The van der Waals surface area contributed by atoms with E-state index >= 15 is 0 Å². The van der Waals surface area contributed by atoms with E-state index in [0.29, 0.717) is 0 Å². The molecule has 0 spiro atoms. The van der Waals surface area contributed by atoms with E-state index in [-0.39, 0.29) is 23.5 Å². The minimum Gasteiger partial charge on any atom is -0.371 e. The Morgan fingerprint density at radius 2 is 1.50 bits per heavy atom. The standard InChI is InChI=1S/C11H16O3/c1-11(2,3)14-10-8(6-12)4-5-9(10)7-13/h4-10H,1-3H3/t8-,9+,10?. The number of carbonyl (C=O) groups is 2. The molecule has 0 bridgehead atoms. The molecule has 1 unspecified atom stereocenters. The van der Waals surface area contributed by atoms with Crippen LogP contribution in [-0.4, -0.2) is 24.3 Å². The summed E-state index contributed by atoms with van der Waals surface area (Å²) >= 11 is 0. The Morgan fingerprint density at radius 1 is 1.07 bits per heavy atom. The minimum absolute atomic E-state index is 0.288. The lowest BCUT2D eigenvalue weighted by Crippen LogP contribution is -2.35. The zero-order chi connectivity index (χ0) is 10.8. The van der Waals surface area contributed by atoms with Crippen LogP contribution in [0.5, 0.6) is 0 Å². The third kappa shape index (κ3) is 2.51. The molecule has 0 amide bonds. The second-order valence-corrected chi connectivity index (χ2v) is 4.51. The lowest BCUT2D eigenvalue weighted by atomic mass is 10.00. The largest absolute Gasteiger partial charge is 0.371 e. The van der Waals surface area contributed by atoms with Gasteiger partial charge >= 0.3 is 0 Å². The summed E-state index contributed by atoms with van der Waals surface area (Å²) in [6.45, 7) is 5.74. The average molecular weight is 196 g/mol. The fraction of sp³-hybridized carbons (Fsp3) is 0.636. The Labute approximate surface area is 84.1 Å². The van der Waals surface area contributed by atoms with Crippen LogP contribution in [0.3, 0.4) is 0 Å². The summed E-state index contributed by atoms with van der Waals surface area (Å²) in [7, 11) is 0. The summed E-state index contributed by atoms with van der Waals surface area (Å²) in [5, 5.41) is 0. The molecule has 0 saturated carbocycles. The van der Waals surface area contributed by atoms with Gasteiger partial charge in [0.15, 0.2) is 0 Å². The number of hydrogen-bond acceptors (Lipinski definition) is 3. The van der Waals surface area contributed by atoms with Gasteiger partial charge in [0.25, 0.3) is 0 Å². The third-order valence-corrected chi connectivity index (χ3v) is 2.12. The maximum Gasteiger partial charge on any atom is 0.129 e. The van der Waals surface area contributed by atoms with Gasteiger partial charge in [-0.15, -0.1) is 0 Å². The molecule has 0 radical (unpaired) electrons. The smallest absolute Gasteiger partial charge is 0.129 e. The quantitative estimate of drug-likeness (QED) is 0.506. The predicted molar refractivity (Wildman–Crippen MR) is 52.9 cm³/mol. The Bertz CT molecular complexity index is 232. The van der Waals surface area contributed by atoms with Gasteiger partial charge in [-0.3, -0.25) is 0 Å². The summed E-state index contributed by atoms with van der Waals surface area (Å²) < 4.78 is 5.68. The Morgan fingerprint density at radius 3 is 1.79 bits per heavy atom.